The van der Waals surface area contributed by atoms with Gasteiger partial charge in [-0.25, -0.2) is 4.98 Å². The number of anilines is 2. The number of nitrogens with zero attached hydrogens (tertiary/aromatic N) is 2. The molecule has 92 valence electrons. The molecule has 4 nitrogen and oxygen atoms in total. The minimum absolute atomic E-state index is 0.638. The van der Waals surface area contributed by atoms with Crippen LogP contribution in [-0.2, 0) is 6.42 Å². The molecule has 0 radical (unpaired) electrons. The molecule has 0 bridgehead atoms. The molecule has 0 amide bonds. The molecule has 0 atom stereocenters. The number of aromatic nitrogens is 1. The van der Waals surface area contributed by atoms with Crippen molar-refractivity contribution in [2.24, 2.45) is 5.73 Å². The second-order valence-electron chi connectivity index (χ2n) is 3.88. The fourth-order valence-electron chi connectivity index (χ4n) is 1.60. The number of thiazole rings is 1. The van der Waals surface area contributed by atoms with Crippen LogP contribution in [0.2, 0.25) is 0 Å². The van der Waals surface area contributed by atoms with Gasteiger partial charge in [-0.1, -0.05) is 0 Å². The second kappa shape index (κ2) is 5.63. The third kappa shape index (κ3) is 2.86. The van der Waals surface area contributed by atoms with Crippen LogP contribution >= 0.6 is 11.3 Å². The third-order valence-electron chi connectivity index (χ3n) is 2.53. The highest BCUT2D eigenvalue weighted by Crippen LogP contribution is 2.25. The highest BCUT2D eigenvalue weighted by molar-refractivity contribution is 7.15. The summed E-state index contributed by atoms with van der Waals surface area (Å²) in [5, 5.41) is 12.8. The summed E-state index contributed by atoms with van der Waals surface area (Å²) in [4.78, 5) is 5.67. The number of benzene rings is 1. The van der Waals surface area contributed by atoms with Gasteiger partial charge in [0.05, 0.1) is 17.3 Å². The van der Waals surface area contributed by atoms with E-state index in [1.165, 1.54) is 4.88 Å². The van der Waals surface area contributed by atoms with Gasteiger partial charge < -0.3 is 11.1 Å². The predicted molar refractivity (Wildman–Crippen MR) is 74.0 cm³/mol. The molecule has 0 fully saturated rings. The third-order valence-corrected chi connectivity index (χ3v) is 3.66. The fraction of sp³-hybridized carbons (Fsp3) is 0.231. The molecule has 0 saturated carbocycles. The number of nitriles is 1. The van der Waals surface area contributed by atoms with Crippen molar-refractivity contribution < 1.29 is 0 Å². The van der Waals surface area contributed by atoms with Crippen LogP contribution in [0, 0.1) is 18.3 Å². The summed E-state index contributed by atoms with van der Waals surface area (Å²) in [6.45, 7) is 2.63. The zero-order valence-electron chi connectivity index (χ0n) is 10.1. The maximum absolute atomic E-state index is 8.72. The van der Waals surface area contributed by atoms with E-state index in [1.54, 1.807) is 23.5 Å². The molecule has 3 N–H and O–H groups in total. The van der Waals surface area contributed by atoms with Crippen LogP contribution in [0.1, 0.15) is 16.1 Å². The smallest absolute Gasteiger partial charge is 0.187 e. The van der Waals surface area contributed by atoms with Crippen molar-refractivity contribution in [2.75, 3.05) is 11.9 Å². The van der Waals surface area contributed by atoms with Crippen molar-refractivity contribution in [3.8, 4) is 6.07 Å². The van der Waals surface area contributed by atoms with E-state index in [-0.39, 0.29) is 0 Å². The Kier molecular flexibility index (Phi) is 3.92. The highest BCUT2D eigenvalue weighted by atomic mass is 32.1. The number of hydrogen-bond donors (Lipinski definition) is 2. The maximum atomic E-state index is 8.72. The molecule has 1 aromatic heterocycles. The van der Waals surface area contributed by atoms with E-state index in [0.29, 0.717) is 12.1 Å². The average molecular weight is 258 g/mol. The lowest BCUT2D eigenvalue weighted by Crippen LogP contribution is -2.01. The van der Waals surface area contributed by atoms with Gasteiger partial charge in [-0.2, -0.15) is 5.26 Å². The summed E-state index contributed by atoms with van der Waals surface area (Å²) in [7, 11) is 0. The first-order valence-electron chi connectivity index (χ1n) is 5.66. The van der Waals surface area contributed by atoms with Gasteiger partial charge in [-0.15, -0.1) is 11.3 Å². The Morgan fingerprint density at radius 1 is 1.39 bits per heavy atom. The molecule has 0 aliphatic heterocycles. The molecule has 5 heteroatoms. The zero-order chi connectivity index (χ0) is 13.0. The molecule has 0 unspecified atom stereocenters. The van der Waals surface area contributed by atoms with Crippen LogP contribution in [0.3, 0.4) is 0 Å². The molecule has 1 heterocycles. The van der Waals surface area contributed by atoms with Gasteiger partial charge in [0.1, 0.15) is 0 Å². The first-order valence-corrected chi connectivity index (χ1v) is 6.48. The summed E-state index contributed by atoms with van der Waals surface area (Å²) in [5.41, 5.74) is 8.17. The Morgan fingerprint density at radius 2 is 2.11 bits per heavy atom. The van der Waals surface area contributed by atoms with Gasteiger partial charge in [-0.3, -0.25) is 0 Å². The lowest BCUT2D eigenvalue weighted by atomic mass is 10.2. The second-order valence-corrected chi connectivity index (χ2v) is 4.96. The maximum Gasteiger partial charge on any atom is 0.187 e. The van der Waals surface area contributed by atoms with E-state index in [9.17, 15) is 0 Å². The summed E-state index contributed by atoms with van der Waals surface area (Å²) >= 11 is 1.62. The van der Waals surface area contributed by atoms with Gasteiger partial charge in [-0.05, 0) is 44.2 Å². The molecule has 2 aromatic rings. The molecule has 0 aliphatic rings. The average Bonchev–Trinajstić information content (AvgIpc) is 2.71. The van der Waals surface area contributed by atoms with E-state index in [1.807, 2.05) is 19.1 Å². The van der Waals surface area contributed by atoms with Crippen LogP contribution in [0.15, 0.2) is 24.3 Å². The van der Waals surface area contributed by atoms with Gasteiger partial charge >= 0.3 is 0 Å². The Bertz CT molecular complexity index is 566. The Hall–Kier alpha value is -1.90. The lowest BCUT2D eigenvalue weighted by molar-refractivity contribution is 0.970. The van der Waals surface area contributed by atoms with Gasteiger partial charge in [0.15, 0.2) is 5.13 Å². The van der Waals surface area contributed by atoms with Crippen molar-refractivity contribution >= 4 is 22.2 Å². The summed E-state index contributed by atoms with van der Waals surface area (Å²) in [6, 6.07) is 9.40. The number of aryl methyl sites for hydroxylation is 1. The number of rotatable bonds is 4. The molecule has 0 saturated heterocycles. The first kappa shape index (κ1) is 12.6. The van der Waals surface area contributed by atoms with Crippen molar-refractivity contribution in [3.63, 3.8) is 0 Å². The SMILES string of the molecule is Cc1nc(Nc2ccc(C#N)cc2)sc1CCN. The molecule has 0 aliphatic carbocycles. The van der Waals surface area contributed by atoms with Crippen molar-refractivity contribution in [1.29, 1.82) is 5.26 Å². The van der Waals surface area contributed by atoms with Crippen LogP contribution in [-0.4, -0.2) is 11.5 Å². The minimum atomic E-state index is 0.638. The van der Waals surface area contributed by atoms with E-state index in [0.717, 1.165) is 22.9 Å². The first-order chi connectivity index (χ1) is 8.72. The van der Waals surface area contributed by atoms with Crippen molar-refractivity contribution in [1.82, 2.24) is 4.98 Å². The van der Waals surface area contributed by atoms with Gasteiger partial charge in [0, 0.05) is 10.6 Å². The molecule has 1 aromatic carbocycles. The summed E-state index contributed by atoms with van der Waals surface area (Å²) in [5.74, 6) is 0. The van der Waals surface area contributed by atoms with Crippen LogP contribution < -0.4 is 11.1 Å². The molecule has 18 heavy (non-hydrogen) atoms. The minimum Gasteiger partial charge on any atom is -0.332 e. The Labute approximate surface area is 110 Å². The fourth-order valence-corrected chi connectivity index (χ4v) is 2.59. The zero-order valence-corrected chi connectivity index (χ0v) is 10.9. The highest BCUT2D eigenvalue weighted by Gasteiger charge is 2.06. The molecule has 2 rings (SSSR count). The van der Waals surface area contributed by atoms with Crippen LogP contribution in [0.25, 0.3) is 0 Å². The van der Waals surface area contributed by atoms with Gasteiger partial charge in [0.2, 0.25) is 0 Å². The van der Waals surface area contributed by atoms with Crippen molar-refractivity contribution in [2.45, 2.75) is 13.3 Å². The number of nitrogens with two attached hydrogens (primary N) is 1. The topological polar surface area (TPSA) is 74.7 Å². The quantitative estimate of drug-likeness (QED) is 0.883. The number of nitrogens with one attached hydrogen (secondary N) is 1. The molecular weight excluding hydrogens is 244 g/mol. The number of hydrogen-bond acceptors (Lipinski definition) is 5. The molecule has 0 spiro atoms. The van der Waals surface area contributed by atoms with E-state index in [4.69, 9.17) is 11.0 Å². The Balaban J connectivity index is 2.13. The van der Waals surface area contributed by atoms with E-state index in [2.05, 4.69) is 16.4 Å². The normalized spacial score (nSPS) is 10.1. The summed E-state index contributed by atoms with van der Waals surface area (Å²) in [6.07, 6.45) is 0.860. The van der Waals surface area contributed by atoms with Crippen molar-refractivity contribution in [3.05, 3.63) is 40.4 Å². The lowest BCUT2D eigenvalue weighted by Gasteiger charge is -2.01. The summed E-state index contributed by atoms with van der Waals surface area (Å²) < 4.78 is 0. The molecular formula is C13H14N4S. The Morgan fingerprint density at radius 3 is 2.72 bits per heavy atom. The van der Waals surface area contributed by atoms with E-state index < -0.39 is 0 Å². The van der Waals surface area contributed by atoms with Crippen LogP contribution in [0.4, 0.5) is 10.8 Å². The monoisotopic (exact) mass is 258 g/mol. The van der Waals surface area contributed by atoms with Crippen LogP contribution in [0.5, 0.6) is 0 Å². The largest absolute Gasteiger partial charge is 0.332 e. The predicted octanol–water partition coefficient (Wildman–Crippen LogP) is 2.57. The van der Waals surface area contributed by atoms with Gasteiger partial charge in [0.25, 0.3) is 0 Å². The van der Waals surface area contributed by atoms with E-state index >= 15 is 0 Å². The standard InChI is InChI=1S/C13H14N4S/c1-9-12(6-7-14)18-13(16-9)17-11-4-2-10(8-15)3-5-11/h2-5H,6-7,14H2,1H3,(H,16,17).